The second kappa shape index (κ2) is 5.96. The molecule has 0 saturated heterocycles. The fourth-order valence-corrected chi connectivity index (χ4v) is 1.53. The lowest BCUT2D eigenvalue weighted by Crippen LogP contribution is -2.17. The van der Waals surface area contributed by atoms with Crippen LogP contribution in [0.3, 0.4) is 0 Å². The topological polar surface area (TPSA) is 92.3 Å². The van der Waals surface area contributed by atoms with Gasteiger partial charge in [-0.1, -0.05) is 0 Å². The lowest BCUT2D eigenvalue weighted by atomic mass is 10.3. The van der Waals surface area contributed by atoms with Gasteiger partial charge < -0.3 is 14.8 Å². The van der Waals surface area contributed by atoms with Crippen molar-refractivity contribution >= 4 is 5.97 Å². The molecule has 0 bridgehead atoms. The van der Waals surface area contributed by atoms with Crippen LogP contribution in [0.1, 0.15) is 16.3 Å². The number of rotatable bonds is 5. The van der Waals surface area contributed by atoms with E-state index in [9.17, 15) is 14.0 Å². The molecule has 20 heavy (non-hydrogen) atoms. The van der Waals surface area contributed by atoms with Crippen molar-refractivity contribution in [2.45, 2.75) is 6.42 Å². The highest BCUT2D eigenvalue weighted by atomic mass is 19.1. The Kier molecular flexibility index (Phi) is 4.09. The summed E-state index contributed by atoms with van der Waals surface area (Å²) in [6.45, 7) is 0.178. The number of ether oxygens (including phenoxy) is 1. The second-order valence-electron chi connectivity index (χ2n) is 3.93. The fourth-order valence-electron chi connectivity index (χ4n) is 1.53. The van der Waals surface area contributed by atoms with Crippen LogP contribution in [-0.4, -0.2) is 27.7 Å². The van der Waals surface area contributed by atoms with Crippen LogP contribution < -0.4 is 10.3 Å². The van der Waals surface area contributed by atoms with Crippen molar-refractivity contribution < 1.29 is 19.0 Å². The van der Waals surface area contributed by atoms with Gasteiger partial charge in [0.25, 0.3) is 5.56 Å². The number of nitrogens with one attached hydrogen (secondary N) is 1. The number of nitrogens with zero attached hydrogens (tertiary/aromatic N) is 1. The van der Waals surface area contributed by atoms with Crippen LogP contribution in [0.2, 0.25) is 0 Å². The van der Waals surface area contributed by atoms with E-state index in [1.54, 1.807) is 0 Å². The quantitative estimate of drug-likeness (QED) is 0.858. The van der Waals surface area contributed by atoms with Gasteiger partial charge in [-0.25, -0.2) is 14.2 Å². The lowest BCUT2D eigenvalue weighted by molar-refractivity contribution is 0.0689. The molecular weight excluding hydrogens is 267 g/mol. The number of H-pyrrole nitrogens is 1. The predicted octanol–water partition coefficient (Wildman–Crippen LogP) is 1.23. The molecular formula is C13H11FN2O4. The maximum absolute atomic E-state index is 12.7. The Morgan fingerprint density at radius 2 is 2.05 bits per heavy atom. The van der Waals surface area contributed by atoms with Crippen molar-refractivity contribution in [2.24, 2.45) is 0 Å². The number of aromatic carboxylic acids is 1. The van der Waals surface area contributed by atoms with E-state index in [2.05, 4.69) is 9.97 Å². The van der Waals surface area contributed by atoms with Crippen molar-refractivity contribution in [3.63, 3.8) is 0 Å². The maximum atomic E-state index is 12.7. The SMILES string of the molecule is O=C(O)c1cc(=O)[nH]c(CCOc2ccc(F)cc2)n1. The summed E-state index contributed by atoms with van der Waals surface area (Å²) in [4.78, 5) is 28.2. The van der Waals surface area contributed by atoms with E-state index in [0.29, 0.717) is 5.75 Å². The third kappa shape index (κ3) is 3.64. The molecule has 2 rings (SSSR count). The van der Waals surface area contributed by atoms with Crippen LogP contribution >= 0.6 is 0 Å². The number of aromatic nitrogens is 2. The van der Waals surface area contributed by atoms with Gasteiger partial charge in [0, 0.05) is 12.5 Å². The first-order chi connectivity index (χ1) is 9.54. The molecule has 0 aliphatic heterocycles. The van der Waals surface area contributed by atoms with Crippen molar-refractivity contribution in [3.8, 4) is 5.75 Å². The average molecular weight is 278 g/mol. The Morgan fingerprint density at radius 1 is 1.35 bits per heavy atom. The molecule has 0 aliphatic rings. The van der Waals surface area contributed by atoms with Crippen LogP contribution in [-0.2, 0) is 6.42 Å². The van der Waals surface area contributed by atoms with Crippen molar-refractivity contribution in [1.82, 2.24) is 9.97 Å². The smallest absolute Gasteiger partial charge is 0.354 e. The monoisotopic (exact) mass is 278 g/mol. The first-order valence-corrected chi connectivity index (χ1v) is 5.76. The molecule has 1 heterocycles. The Hall–Kier alpha value is -2.70. The molecule has 0 saturated carbocycles. The van der Waals surface area contributed by atoms with Gasteiger partial charge in [-0.05, 0) is 24.3 Å². The van der Waals surface area contributed by atoms with E-state index in [1.165, 1.54) is 24.3 Å². The summed E-state index contributed by atoms with van der Waals surface area (Å²) in [5.74, 6) is -0.936. The third-order valence-corrected chi connectivity index (χ3v) is 2.43. The highest BCUT2D eigenvalue weighted by Gasteiger charge is 2.08. The van der Waals surface area contributed by atoms with Gasteiger partial charge >= 0.3 is 5.97 Å². The van der Waals surface area contributed by atoms with Gasteiger partial charge in [-0.2, -0.15) is 0 Å². The largest absolute Gasteiger partial charge is 0.493 e. The second-order valence-corrected chi connectivity index (χ2v) is 3.93. The summed E-state index contributed by atoms with van der Waals surface area (Å²) in [6, 6.07) is 6.38. The van der Waals surface area contributed by atoms with Gasteiger partial charge in [-0.3, -0.25) is 4.79 Å². The summed E-state index contributed by atoms with van der Waals surface area (Å²) in [7, 11) is 0. The number of halogens is 1. The molecule has 6 nitrogen and oxygen atoms in total. The van der Waals surface area contributed by atoms with Crippen LogP contribution in [0.4, 0.5) is 4.39 Å². The van der Waals surface area contributed by atoms with Crippen LogP contribution in [0.5, 0.6) is 5.75 Å². The predicted molar refractivity (Wildman–Crippen MR) is 67.4 cm³/mol. The lowest BCUT2D eigenvalue weighted by Gasteiger charge is -2.06. The third-order valence-electron chi connectivity index (χ3n) is 2.43. The Morgan fingerprint density at radius 3 is 2.70 bits per heavy atom. The Bertz CT molecular complexity index is 667. The minimum atomic E-state index is -1.27. The molecule has 0 spiro atoms. The zero-order valence-electron chi connectivity index (χ0n) is 10.3. The first-order valence-electron chi connectivity index (χ1n) is 5.76. The summed E-state index contributed by atoms with van der Waals surface area (Å²) < 4.78 is 18.0. The zero-order chi connectivity index (χ0) is 14.5. The van der Waals surface area contributed by atoms with Gasteiger partial charge in [0.15, 0.2) is 5.69 Å². The number of aromatic amines is 1. The maximum Gasteiger partial charge on any atom is 0.354 e. The van der Waals surface area contributed by atoms with E-state index in [0.717, 1.165) is 6.07 Å². The Labute approximate surface area is 112 Å². The highest BCUT2D eigenvalue weighted by molar-refractivity contribution is 5.85. The van der Waals surface area contributed by atoms with Crippen LogP contribution in [0, 0.1) is 5.82 Å². The number of carboxylic acids is 1. The number of benzene rings is 1. The molecule has 2 N–H and O–H groups in total. The molecule has 1 aromatic heterocycles. The Balaban J connectivity index is 1.99. The summed E-state index contributed by atoms with van der Waals surface area (Å²) >= 11 is 0. The van der Waals surface area contributed by atoms with Gasteiger partial charge in [0.1, 0.15) is 17.4 Å². The molecule has 7 heteroatoms. The van der Waals surface area contributed by atoms with E-state index < -0.39 is 11.5 Å². The number of carbonyl (C=O) groups is 1. The van der Waals surface area contributed by atoms with Gasteiger partial charge in [0.2, 0.25) is 0 Å². The molecule has 0 unspecified atom stereocenters. The number of hydrogen-bond acceptors (Lipinski definition) is 4. The molecule has 0 aliphatic carbocycles. The standard InChI is InChI=1S/C13H11FN2O4/c14-8-1-3-9(4-2-8)20-6-5-11-15-10(13(18)19)7-12(17)16-11/h1-4,7H,5-6H2,(H,18,19)(H,15,16,17). The fraction of sp³-hybridized carbons (Fsp3) is 0.154. The minimum absolute atomic E-state index is 0.178. The van der Waals surface area contributed by atoms with E-state index in [-0.39, 0.29) is 30.4 Å². The molecule has 0 atom stereocenters. The molecule has 2 aromatic rings. The molecule has 104 valence electrons. The van der Waals surface area contributed by atoms with Gasteiger partial charge in [-0.15, -0.1) is 0 Å². The molecule has 0 amide bonds. The van der Waals surface area contributed by atoms with E-state index in [1.807, 2.05) is 0 Å². The summed E-state index contributed by atoms with van der Waals surface area (Å²) in [5.41, 5.74) is -0.847. The zero-order valence-corrected chi connectivity index (χ0v) is 10.3. The minimum Gasteiger partial charge on any atom is -0.493 e. The normalized spacial score (nSPS) is 10.2. The van der Waals surface area contributed by atoms with E-state index in [4.69, 9.17) is 9.84 Å². The molecule has 0 fully saturated rings. The van der Waals surface area contributed by atoms with Crippen LogP contribution in [0.15, 0.2) is 35.1 Å². The number of hydrogen-bond donors (Lipinski definition) is 2. The van der Waals surface area contributed by atoms with Crippen molar-refractivity contribution in [2.75, 3.05) is 6.61 Å². The summed E-state index contributed by atoms with van der Waals surface area (Å²) in [6.07, 6.45) is 0.230. The first kappa shape index (κ1) is 13.7. The van der Waals surface area contributed by atoms with Gasteiger partial charge in [0.05, 0.1) is 6.61 Å². The number of carboxylic acid groups (broad SMARTS) is 1. The van der Waals surface area contributed by atoms with E-state index >= 15 is 0 Å². The van der Waals surface area contributed by atoms with Crippen LogP contribution in [0.25, 0.3) is 0 Å². The van der Waals surface area contributed by atoms with Crippen molar-refractivity contribution in [3.05, 3.63) is 58.0 Å². The average Bonchev–Trinajstić information content (AvgIpc) is 2.40. The molecule has 1 aromatic carbocycles. The van der Waals surface area contributed by atoms with Crippen molar-refractivity contribution in [1.29, 1.82) is 0 Å². The summed E-state index contributed by atoms with van der Waals surface area (Å²) in [5, 5.41) is 8.78. The highest BCUT2D eigenvalue weighted by Crippen LogP contribution is 2.11. The molecule has 0 radical (unpaired) electrons.